The van der Waals surface area contributed by atoms with Crippen LogP contribution in [-0.2, 0) is 0 Å². The van der Waals surface area contributed by atoms with Crippen LogP contribution in [0.15, 0.2) is 45.6 Å². The van der Waals surface area contributed by atoms with E-state index < -0.39 is 0 Å². The molecule has 3 nitrogen and oxygen atoms in total. The van der Waals surface area contributed by atoms with Crippen molar-refractivity contribution in [3.05, 3.63) is 51.1 Å². The molecule has 2 amide bonds. The minimum atomic E-state index is 0.0237. The van der Waals surface area contributed by atoms with Gasteiger partial charge in [0.05, 0.1) is 6.04 Å². The Morgan fingerprint density at radius 1 is 1.45 bits per heavy atom. The summed E-state index contributed by atoms with van der Waals surface area (Å²) in [6.45, 7) is 2.86. The van der Waals surface area contributed by atoms with Crippen molar-refractivity contribution < 1.29 is 4.79 Å². The zero-order chi connectivity index (χ0) is 14.1. The summed E-state index contributed by atoms with van der Waals surface area (Å²) in [4.78, 5) is 14.3. The molecule has 1 fully saturated rings. The highest BCUT2D eigenvalue weighted by Crippen LogP contribution is 2.44. The fourth-order valence-corrected chi connectivity index (χ4v) is 3.93. The molecule has 0 aromatic heterocycles. The third-order valence-corrected chi connectivity index (χ3v) is 4.92. The number of nitrogens with one attached hydrogen (secondary N) is 1. The Hall–Kier alpha value is -1.30. The molecule has 2 heterocycles. The van der Waals surface area contributed by atoms with Gasteiger partial charge in [-0.3, -0.25) is 0 Å². The maximum atomic E-state index is 12.3. The molecular weight excluding hydrogens is 363 g/mol. The quantitative estimate of drug-likeness (QED) is 0.708. The Labute approximate surface area is 132 Å². The standard InChI is InChI=1S/C16H17IN2O/c1-2-6-13(17)11-8-5-10-19-15(11)12-7-3-4-9-14(12)18-16(19)20/h2-4,6-7,9,15H,5,8,10H2,1H3,(H,18,20)/b6-2+,13-11+. The Morgan fingerprint density at radius 2 is 2.25 bits per heavy atom. The number of rotatable bonds is 1. The predicted octanol–water partition coefficient (Wildman–Crippen LogP) is 4.63. The predicted molar refractivity (Wildman–Crippen MR) is 90.0 cm³/mol. The van der Waals surface area contributed by atoms with E-state index in [2.05, 4.69) is 46.1 Å². The first kappa shape index (κ1) is 13.7. The fraction of sp³-hybridized carbons (Fsp3) is 0.312. The summed E-state index contributed by atoms with van der Waals surface area (Å²) in [5.41, 5.74) is 3.51. The molecule has 1 unspecified atom stereocenters. The Morgan fingerprint density at radius 3 is 3.05 bits per heavy atom. The number of nitrogens with zero attached hydrogens (tertiary/aromatic N) is 1. The van der Waals surface area contributed by atoms with Crippen molar-refractivity contribution in [3.8, 4) is 0 Å². The van der Waals surface area contributed by atoms with Crippen LogP contribution in [0.3, 0.4) is 0 Å². The molecule has 4 heteroatoms. The van der Waals surface area contributed by atoms with Gasteiger partial charge in [-0.1, -0.05) is 30.4 Å². The lowest BCUT2D eigenvalue weighted by Gasteiger charge is -2.42. The minimum absolute atomic E-state index is 0.0237. The molecule has 0 saturated carbocycles. The topological polar surface area (TPSA) is 32.3 Å². The first-order chi connectivity index (χ1) is 9.72. The summed E-state index contributed by atoms with van der Waals surface area (Å²) in [6.07, 6.45) is 6.29. The highest BCUT2D eigenvalue weighted by Gasteiger charge is 2.37. The van der Waals surface area contributed by atoms with Crippen molar-refractivity contribution in [2.24, 2.45) is 0 Å². The SMILES string of the molecule is C/C=C/C(I)=C1/CCCN2C(=O)Nc3ccccc3C12. The Balaban J connectivity index is 2.14. The van der Waals surface area contributed by atoms with E-state index in [9.17, 15) is 4.79 Å². The number of para-hydroxylation sites is 1. The molecule has 1 N–H and O–H groups in total. The lowest BCUT2D eigenvalue weighted by atomic mass is 9.87. The molecule has 104 valence electrons. The third-order valence-electron chi connectivity index (χ3n) is 3.86. The third kappa shape index (κ3) is 2.26. The lowest BCUT2D eigenvalue weighted by molar-refractivity contribution is 0.182. The van der Waals surface area contributed by atoms with Crippen molar-refractivity contribution in [2.45, 2.75) is 25.8 Å². The van der Waals surface area contributed by atoms with Crippen LogP contribution in [0.25, 0.3) is 0 Å². The minimum Gasteiger partial charge on any atom is -0.314 e. The van der Waals surface area contributed by atoms with Crippen molar-refractivity contribution >= 4 is 34.3 Å². The number of amides is 2. The number of urea groups is 1. The number of anilines is 1. The molecule has 0 bridgehead atoms. The van der Waals surface area contributed by atoms with Gasteiger partial charge in [0.15, 0.2) is 0 Å². The first-order valence-electron chi connectivity index (χ1n) is 6.90. The highest BCUT2D eigenvalue weighted by molar-refractivity contribution is 14.1. The summed E-state index contributed by atoms with van der Waals surface area (Å²) in [5.74, 6) is 0. The van der Waals surface area contributed by atoms with Crippen LogP contribution in [0, 0.1) is 0 Å². The smallest absolute Gasteiger partial charge is 0.314 e. The number of benzene rings is 1. The van der Waals surface area contributed by atoms with E-state index in [1.165, 1.54) is 14.7 Å². The molecule has 1 saturated heterocycles. The van der Waals surface area contributed by atoms with Gasteiger partial charge in [0.25, 0.3) is 0 Å². The average Bonchev–Trinajstić information content (AvgIpc) is 2.47. The molecule has 2 aliphatic rings. The van der Waals surface area contributed by atoms with E-state index in [4.69, 9.17) is 0 Å². The van der Waals surface area contributed by atoms with E-state index in [-0.39, 0.29) is 12.1 Å². The van der Waals surface area contributed by atoms with E-state index in [0.717, 1.165) is 25.1 Å². The van der Waals surface area contributed by atoms with Gasteiger partial charge in [-0.15, -0.1) is 0 Å². The van der Waals surface area contributed by atoms with E-state index in [1.807, 2.05) is 30.0 Å². The number of carbonyl (C=O) groups is 1. The number of fused-ring (bicyclic) bond motifs is 3. The van der Waals surface area contributed by atoms with Gasteiger partial charge < -0.3 is 10.2 Å². The Bertz CT molecular complexity index is 606. The van der Waals surface area contributed by atoms with Gasteiger partial charge in [0.1, 0.15) is 0 Å². The summed E-state index contributed by atoms with van der Waals surface area (Å²) in [6, 6.07) is 8.24. The maximum Gasteiger partial charge on any atom is 0.322 e. The van der Waals surface area contributed by atoms with Crippen LogP contribution in [0.2, 0.25) is 0 Å². The van der Waals surface area contributed by atoms with Crippen LogP contribution >= 0.6 is 22.6 Å². The zero-order valence-electron chi connectivity index (χ0n) is 11.4. The molecule has 1 atom stereocenters. The molecule has 0 aliphatic carbocycles. The van der Waals surface area contributed by atoms with Crippen LogP contribution in [0.4, 0.5) is 10.5 Å². The van der Waals surface area contributed by atoms with Crippen LogP contribution in [0.5, 0.6) is 0 Å². The number of piperidine rings is 1. The van der Waals surface area contributed by atoms with Crippen molar-refractivity contribution in [2.75, 3.05) is 11.9 Å². The first-order valence-corrected chi connectivity index (χ1v) is 7.98. The molecule has 3 rings (SSSR count). The van der Waals surface area contributed by atoms with Gasteiger partial charge in [0, 0.05) is 21.4 Å². The molecule has 2 aliphatic heterocycles. The molecule has 1 aromatic rings. The van der Waals surface area contributed by atoms with Crippen LogP contribution in [-0.4, -0.2) is 17.5 Å². The number of carbonyl (C=O) groups excluding carboxylic acids is 1. The van der Waals surface area contributed by atoms with Gasteiger partial charge in [-0.2, -0.15) is 0 Å². The molecular formula is C16H17IN2O. The van der Waals surface area contributed by atoms with Gasteiger partial charge in [-0.25, -0.2) is 4.79 Å². The molecule has 20 heavy (non-hydrogen) atoms. The number of halogens is 1. The lowest BCUT2D eigenvalue weighted by Crippen LogP contribution is -2.45. The van der Waals surface area contributed by atoms with E-state index in [1.54, 1.807) is 0 Å². The summed E-state index contributed by atoms with van der Waals surface area (Å²) < 4.78 is 1.25. The van der Waals surface area contributed by atoms with Crippen molar-refractivity contribution in [3.63, 3.8) is 0 Å². The van der Waals surface area contributed by atoms with Gasteiger partial charge >= 0.3 is 6.03 Å². The molecule has 1 aromatic carbocycles. The van der Waals surface area contributed by atoms with Crippen molar-refractivity contribution in [1.29, 1.82) is 0 Å². The number of hydrogen-bond donors (Lipinski definition) is 1. The van der Waals surface area contributed by atoms with Gasteiger partial charge in [0.2, 0.25) is 0 Å². The second-order valence-electron chi connectivity index (χ2n) is 5.09. The second kappa shape index (κ2) is 5.60. The summed E-state index contributed by atoms with van der Waals surface area (Å²) in [5, 5.41) is 2.99. The summed E-state index contributed by atoms with van der Waals surface area (Å²) >= 11 is 2.39. The fourth-order valence-electron chi connectivity index (χ4n) is 3.01. The Kier molecular flexibility index (Phi) is 3.83. The average molecular weight is 380 g/mol. The maximum absolute atomic E-state index is 12.3. The normalized spacial score (nSPS) is 24.2. The monoisotopic (exact) mass is 380 g/mol. The van der Waals surface area contributed by atoms with Crippen LogP contribution < -0.4 is 5.32 Å². The second-order valence-corrected chi connectivity index (χ2v) is 6.25. The molecule has 0 radical (unpaired) electrons. The van der Waals surface area contributed by atoms with Gasteiger partial charge in [-0.05, 0) is 54.0 Å². The highest BCUT2D eigenvalue weighted by atomic mass is 127. The number of allylic oxidation sites excluding steroid dienone is 3. The zero-order valence-corrected chi connectivity index (χ0v) is 13.6. The number of hydrogen-bond acceptors (Lipinski definition) is 1. The largest absolute Gasteiger partial charge is 0.322 e. The van der Waals surface area contributed by atoms with Crippen molar-refractivity contribution in [1.82, 2.24) is 4.90 Å². The molecule has 0 spiro atoms. The van der Waals surface area contributed by atoms with E-state index in [0.29, 0.717) is 0 Å². The summed E-state index contributed by atoms with van der Waals surface area (Å²) in [7, 11) is 0. The van der Waals surface area contributed by atoms with Crippen LogP contribution in [0.1, 0.15) is 31.4 Å². The van der Waals surface area contributed by atoms with E-state index >= 15 is 0 Å².